The largest absolute Gasteiger partial charge is 0.420 e. The van der Waals surface area contributed by atoms with E-state index in [9.17, 15) is 4.79 Å². The van der Waals surface area contributed by atoms with Crippen LogP contribution in [0.2, 0.25) is 0 Å². The van der Waals surface area contributed by atoms with Gasteiger partial charge < -0.3 is 15.1 Å². The van der Waals surface area contributed by atoms with Crippen LogP contribution in [-0.2, 0) is 11.8 Å². The van der Waals surface area contributed by atoms with Gasteiger partial charge in [0.15, 0.2) is 5.82 Å². The van der Waals surface area contributed by atoms with Gasteiger partial charge in [-0.3, -0.25) is 9.48 Å². The van der Waals surface area contributed by atoms with Crippen LogP contribution in [0.3, 0.4) is 0 Å². The van der Waals surface area contributed by atoms with Crippen molar-refractivity contribution in [2.45, 2.75) is 50.5 Å². The predicted octanol–water partition coefficient (Wildman–Crippen LogP) is 1.82. The average molecular weight is 330 g/mol. The standard InChI is InChI=1S/C16H22N6O2/c1-22-9-12(13(21-22)18-10-5-3-2-4-6-10)16-20-19-15(24-16)11-7-8-17-14(11)23/h9-11H,2-8H2,1H3,(H,17,23)(H,18,21). The monoisotopic (exact) mass is 330 g/mol. The van der Waals surface area contributed by atoms with Crippen LogP contribution < -0.4 is 10.6 Å². The molecule has 0 radical (unpaired) electrons. The molecule has 2 aromatic rings. The molecule has 2 aromatic heterocycles. The van der Waals surface area contributed by atoms with E-state index in [0.29, 0.717) is 30.8 Å². The molecule has 0 bridgehead atoms. The molecular weight excluding hydrogens is 308 g/mol. The van der Waals surface area contributed by atoms with Crippen molar-refractivity contribution in [2.24, 2.45) is 7.05 Å². The van der Waals surface area contributed by atoms with Crippen molar-refractivity contribution in [1.82, 2.24) is 25.3 Å². The highest BCUT2D eigenvalue weighted by Gasteiger charge is 2.31. The van der Waals surface area contributed by atoms with Crippen molar-refractivity contribution >= 4 is 11.7 Å². The van der Waals surface area contributed by atoms with Gasteiger partial charge in [-0.25, -0.2) is 0 Å². The first-order chi connectivity index (χ1) is 11.7. The SMILES string of the molecule is Cn1cc(-c2nnc(C3CCNC3=O)o2)c(NC2CCCCC2)n1. The summed E-state index contributed by atoms with van der Waals surface area (Å²) in [5.74, 6) is 1.19. The Hall–Kier alpha value is -2.38. The molecule has 2 fully saturated rings. The van der Waals surface area contributed by atoms with Crippen LogP contribution in [0.15, 0.2) is 10.6 Å². The van der Waals surface area contributed by atoms with Crippen molar-refractivity contribution in [3.63, 3.8) is 0 Å². The molecule has 128 valence electrons. The Morgan fingerprint density at radius 3 is 2.83 bits per heavy atom. The van der Waals surface area contributed by atoms with Gasteiger partial charge in [0.2, 0.25) is 11.8 Å². The zero-order chi connectivity index (χ0) is 16.5. The van der Waals surface area contributed by atoms with Crippen molar-refractivity contribution < 1.29 is 9.21 Å². The fraction of sp³-hybridized carbons (Fsp3) is 0.625. The Labute approximate surface area is 140 Å². The summed E-state index contributed by atoms with van der Waals surface area (Å²) in [6, 6.07) is 0.440. The number of amides is 1. The summed E-state index contributed by atoms with van der Waals surface area (Å²) in [5.41, 5.74) is 0.792. The zero-order valence-electron chi connectivity index (χ0n) is 13.8. The third kappa shape index (κ3) is 2.88. The molecule has 0 aromatic carbocycles. The van der Waals surface area contributed by atoms with E-state index in [2.05, 4.69) is 25.9 Å². The summed E-state index contributed by atoms with van der Waals surface area (Å²) in [5, 5.41) is 19.0. The maximum atomic E-state index is 11.8. The lowest BCUT2D eigenvalue weighted by Crippen LogP contribution is -2.22. The Balaban J connectivity index is 1.57. The summed E-state index contributed by atoms with van der Waals surface area (Å²) in [4.78, 5) is 11.8. The second kappa shape index (κ2) is 6.26. The molecule has 2 aliphatic rings. The van der Waals surface area contributed by atoms with Crippen LogP contribution in [0.25, 0.3) is 11.5 Å². The van der Waals surface area contributed by atoms with Crippen molar-refractivity contribution in [1.29, 1.82) is 0 Å². The molecule has 4 rings (SSSR count). The van der Waals surface area contributed by atoms with E-state index in [1.807, 2.05) is 13.2 Å². The van der Waals surface area contributed by atoms with Crippen LogP contribution in [0.1, 0.15) is 50.3 Å². The van der Waals surface area contributed by atoms with Gasteiger partial charge in [-0.05, 0) is 19.3 Å². The fourth-order valence-electron chi connectivity index (χ4n) is 3.51. The van der Waals surface area contributed by atoms with Crippen LogP contribution in [-0.4, -0.2) is 38.5 Å². The Morgan fingerprint density at radius 1 is 1.25 bits per heavy atom. The molecule has 24 heavy (non-hydrogen) atoms. The highest BCUT2D eigenvalue weighted by molar-refractivity contribution is 5.84. The summed E-state index contributed by atoms with van der Waals surface area (Å²) in [6.45, 7) is 0.655. The van der Waals surface area contributed by atoms with E-state index in [0.717, 1.165) is 24.2 Å². The van der Waals surface area contributed by atoms with Gasteiger partial charge in [0, 0.05) is 25.8 Å². The predicted molar refractivity (Wildman–Crippen MR) is 87.4 cm³/mol. The van der Waals surface area contributed by atoms with E-state index < -0.39 is 0 Å². The number of nitrogens with zero attached hydrogens (tertiary/aromatic N) is 4. The normalized spacial score (nSPS) is 21.9. The number of rotatable bonds is 4. The van der Waals surface area contributed by atoms with E-state index in [-0.39, 0.29) is 11.8 Å². The minimum absolute atomic E-state index is 0.0445. The van der Waals surface area contributed by atoms with Crippen molar-refractivity contribution in [2.75, 3.05) is 11.9 Å². The Bertz CT molecular complexity index is 731. The first-order valence-corrected chi connectivity index (χ1v) is 8.62. The molecular formula is C16H22N6O2. The molecule has 8 heteroatoms. The van der Waals surface area contributed by atoms with Gasteiger partial charge in [-0.15, -0.1) is 10.2 Å². The quantitative estimate of drug-likeness (QED) is 0.887. The molecule has 1 unspecified atom stereocenters. The third-order valence-corrected chi connectivity index (χ3v) is 4.79. The minimum atomic E-state index is -0.335. The number of carbonyl (C=O) groups is 1. The summed E-state index contributed by atoms with van der Waals surface area (Å²) in [6.07, 6.45) is 8.70. The molecule has 1 amide bonds. The summed E-state index contributed by atoms with van der Waals surface area (Å²) < 4.78 is 7.53. The van der Waals surface area contributed by atoms with Gasteiger partial charge in [0.05, 0.1) is 0 Å². The lowest BCUT2D eigenvalue weighted by atomic mass is 9.95. The minimum Gasteiger partial charge on any atom is -0.420 e. The molecule has 1 aliphatic heterocycles. The van der Waals surface area contributed by atoms with E-state index >= 15 is 0 Å². The van der Waals surface area contributed by atoms with Gasteiger partial charge in [0.25, 0.3) is 5.89 Å². The number of anilines is 1. The third-order valence-electron chi connectivity index (χ3n) is 4.79. The van der Waals surface area contributed by atoms with Crippen LogP contribution in [0.4, 0.5) is 5.82 Å². The first kappa shape index (κ1) is 15.2. The highest BCUT2D eigenvalue weighted by Crippen LogP contribution is 2.31. The number of hydrogen-bond acceptors (Lipinski definition) is 6. The van der Waals surface area contributed by atoms with Gasteiger partial charge in [0.1, 0.15) is 11.5 Å². The Kier molecular flexibility index (Phi) is 3.95. The number of nitrogens with one attached hydrogen (secondary N) is 2. The molecule has 1 saturated heterocycles. The van der Waals surface area contributed by atoms with Crippen LogP contribution in [0, 0.1) is 0 Å². The maximum Gasteiger partial charge on any atom is 0.253 e. The molecule has 1 aliphatic carbocycles. The molecule has 1 atom stereocenters. The molecule has 2 N–H and O–H groups in total. The number of aryl methyl sites for hydroxylation is 1. The van der Waals surface area contributed by atoms with Gasteiger partial charge in [-0.1, -0.05) is 19.3 Å². The fourth-order valence-corrected chi connectivity index (χ4v) is 3.51. The molecule has 3 heterocycles. The van der Waals surface area contributed by atoms with Crippen molar-refractivity contribution in [3.05, 3.63) is 12.1 Å². The van der Waals surface area contributed by atoms with Crippen LogP contribution in [0.5, 0.6) is 0 Å². The molecule has 8 nitrogen and oxygen atoms in total. The topological polar surface area (TPSA) is 97.9 Å². The van der Waals surface area contributed by atoms with Crippen LogP contribution >= 0.6 is 0 Å². The summed E-state index contributed by atoms with van der Waals surface area (Å²) >= 11 is 0. The summed E-state index contributed by atoms with van der Waals surface area (Å²) in [7, 11) is 1.87. The zero-order valence-corrected chi connectivity index (χ0v) is 13.8. The Morgan fingerprint density at radius 2 is 2.08 bits per heavy atom. The van der Waals surface area contributed by atoms with Gasteiger partial charge >= 0.3 is 0 Å². The first-order valence-electron chi connectivity index (χ1n) is 8.62. The smallest absolute Gasteiger partial charge is 0.253 e. The van der Waals surface area contributed by atoms with E-state index in [1.54, 1.807) is 4.68 Å². The highest BCUT2D eigenvalue weighted by atomic mass is 16.4. The maximum absolute atomic E-state index is 11.8. The lowest BCUT2D eigenvalue weighted by Gasteiger charge is -2.22. The number of hydrogen-bond donors (Lipinski definition) is 2. The molecule has 0 spiro atoms. The van der Waals surface area contributed by atoms with Crippen molar-refractivity contribution in [3.8, 4) is 11.5 Å². The number of aromatic nitrogens is 4. The molecule has 1 saturated carbocycles. The lowest BCUT2D eigenvalue weighted by molar-refractivity contribution is -0.120. The van der Waals surface area contributed by atoms with E-state index in [4.69, 9.17) is 4.42 Å². The average Bonchev–Trinajstić information content (AvgIpc) is 3.28. The number of carbonyl (C=O) groups excluding carboxylic acids is 1. The van der Waals surface area contributed by atoms with Gasteiger partial charge in [-0.2, -0.15) is 5.10 Å². The second-order valence-electron chi connectivity index (χ2n) is 6.62. The van der Waals surface area contributed by atoms with E-state index in [1.165, 1.54) is 19.3 Å². The second-order valence-corrected chi connectivity index (χ2v) is 6.62.